The first-order valence-corrected chi connectivity index (χ1v) is 12.6. The second-order valence-electron chi connectivity index (χ2n) is 9.38. The van der Waals surface area contributed by atoms with Gasteiger partial charge in [-0.3, -0.25) is 38.4 Å². The summed E-state index contributed by atoms with van der Waals surface area (Å²) in [6, 6.07) is -7.93. The van der Waals surface area contributed by atoms with Gasteiger partial charge in [0.1, 0.15) is 24.2 Å². The smallest absolute Gasteiger partial charge is 0.326 e. The minimum atomic E-state index is -1.90. The van der Waals surface area contributed by atoms with Gasteiger partial charge in [0.05, 0.1) is 18.9 Å². The average Bonchev–Trinajstić information content (AvgIpc) is 3.37. The number of aliphatic carboxylic acids is 5. The summed E-state index contributed by atoms with van der Waals surface area (Å²) in [5.74, 6) is -11.5. The van der Waals surface area contributed by atoms with E-state index in [0.717, 1.165) is 4.90 Å². The Hall–Kier alpha value is -4.81. The van der Waals surface area contributed by atoms with Crippen LogP contribution in [-0.2, 0) is 43.2 Å². The molecular formula is C23H33N5O14. The van der Waals surface area contributed by atoms with Gasteiger partial charge < -0.3 is 52.1 Å². The van der Waals surface area contributed by atoms with Crippen LogP contribution in [0.5, 0.6) is 0 Å². The topological polar surface area (TPSA) is 320 Å². The molecule has 1 rings (SSSR count). The Morgan fingerprint density at radius 3 is 1.74 bits per heavy atom. The second kappa shape index (κ2) is 16.5. The molecule has 0 saturated carbocycles. The molecule has 1 aliphatic heterocycles. The monoisotopic (exact) mass is 603 g/mol. The van der Waals surface area contributed by atoms with Gasteiger partial charge in [-0.25, -0.2) is 4.79 Å². The van der Waals surface area contributed by atoms with E-state index in [2.05, 4.69) is 10.6 Å². The van der Waals surface area contributed by atoms with Crippen molar-refractivity contribution in [3.63, 3.8) is 0 Å². The van der Waals surface area contributed by atoms with Crippen molar-refractivity contribution >= 4 is 53.5 Å². The Labute approximate surface area is 237 Å². The summed E-state index contributed by atoms with van der Waals surface area (Å²) < 4.78 is 0. The van der Waals surface area contributed by atoms with Crippen LogP contribution < -0.4 is 21.7 Å². The van der Waals surface area contributed by atoms with Crippen molar-refractivity contribution < 1.29 is 68.7 Å². The van der Waals surface area contributed by atoms with E-state index in [1.54, 1.807) is 0 Å². The molecule has 1 aliphatic rings. The lowest BCUT2D eigenvalue weighted by Crippen LogP contribution is -2.58. The first-order chi connectivity index (χ1) is 19.5. The summed E-state index contributed by atoms with van der Waals surface area (Å²) in [6.45, 7) is -0.0698. The molecule has 234 valence electrons. The van der Waals surface area contributed by atoms with Crippen LogP contribution in [0, 0.1) is 0 Å². The number of nitrogens with two attached hydrogens (primary N) is 1. The molecule has 0 aromatic carbocycles. The van der Waals surface area contributed by atoms with Crippen molar-refractivity contribution in [1.82, 2.24) is 20.9 Å². The Morgan fingerprint density at radius 1 is 0.690 bits per heavy atom. The van der Waals surface area contributed by atoms with Crippen LogP contribution in [0.4, 0.5) is 0 Å². The third-order valence-electron chi connectivity index (χ3n) is 6.11. The van der Waals surface area contributed by atoms with E-state index in [1.165, 1.54) is 0 Å². The number of amides is 4. The van der Waals surface area contributed by atoms with Gasteiger partial charge in [-0.15, -0.1) is 0 Å². The lowest BCUT2D eigenvalue weighted by molar-refractivity contribution is -0.148. The molecule has 4 amide bonds. The highest BCUT2D eigenvalue weighted by Crippen LogP contribution is 2.20. The van der Waals surface area contributed by atoms with Crippen molar-refractivity contribution in [2.75, 3.05) is 6.54 Å². The third-order valence-corrected chi connectivity index (χ3v) is 6.11. The van der Waals surface area contributed by atoms with Gasteiger partial charge in [0.15, 0.2) is 0 Å². The number of carboxylic acid groups (broad SMARTS) is 5. The van der Waals surface area contributed by atoms with Gasteiger partial charge >= 0.3 is 29.8 Å². The second-order valence-corrected chi connectivity index (χ2v) is 9.38. The fourth-order valence-electron chi connectivity index (χ4n) is 4.02. The number of carboxylic acids is 5. The van der Waals surface area contributed by atoms with Gasteiger partial charge in [-0.05, 0) is 25.7 Å². The highest BCUT2D eigenvalue weighted by Gasteiger charge is 2.40. The summed E-state index contributed by atoms with van der Waals surface area (Å²) in [5, 5.41) is 51.4. The van der Waals surface area contributed by atoms with E-state index in [4.69, 9.17) is 21.1 Å². The summed E-state index contributed by atoms with van der Waals surface area (Å²) >= 11 is 0. The molecule has 0 unspecified atom stereocenters. The molecule has 0 spiro atoms. The average molecular weight is 604 g/mol. The van der Waals surface area contributed by atoms with Gasteiger partial charge in [-0.1, -0.05) is 0 Å². The molecule has 0 aromatic heterocycles. The molecule has 0 radical (unpaired) electrons. The van der Waals surface area contributed by atoms with E-state index in [0.29, 0.717) is 0 Å². The first-order valence-electron chi connectivity index (χ1n) is 12.6. The minimum Gasteiger partial charge on any atom is -0.481 e. The fourth-order valence-corrected chi connectivity index (χ4v) is 4.02. The lowest BCUT2D eigenvalue weighted by Gasteiger charge is -2.30. The molecule has 19 nitrogen and oxygen atoms in total. The maximum Gasteiger partial charge on any atom is 0.326 e. The predicted molar refractivity (Wildman–Crippen MR) is 134 cm³/mol. The van der Waals surface area contributed by atoms with Crippen molar-refractivity contribution in [3.05, 3.63) is 0 Å². The molecule has 0 aliphatic carbocycles. The van der Waals surface area contributed by atoms with Gasteiger partial charge in [0, 0.05) is 19.4 Å². The van der Waals surface area contributed by atoms with Crippen molar-refractivity contribution in [3.8, 4) is 0 Å². The Balaban J connectivity index is 3.10. The van der Waals surface area contributed by atoms with Crippen LogP contribution in [0.25, 0.3) is 0 Å². The summed E-state index contributed by atoms with van der Waals surface area (Å²) in [4.78, 5) is 108. The minimum absolute atomic E-state index is 0.0213. The maximum absolute atomic E-state index is 13.2. The molecule has 42 heavy (non-hydrogen) atoms. The normalized spacial score (nSPS) is 17.2. The van der Waals surface area contributed by atoms with Gasteiger partial charge in [0.2, 0.25) is 23.6 Å². The molecule has 10 N–H and O–H groups in total. The van der Waals surface area contributed by atoms with E-state index in [9.17, 15) is 53.4 Å². The number of likely N-dealkylation sites (tertiary alicyclic amines) is 1. The summed E-state index contributed by atoms with van der Waals surface area (Å²) in [6.07, 6.45) is -3.63. The number of carbonyl (C=O) groups excluding carboxylic acids is 4. The quantitative estimate of drug-likeness (QED) is 0.0734. The molecule has 1 saturated heterocycles. The molecule has 19 heteroatoms. The van der Waals surface area contributed by atoms with E-state index < -0.39 is 116 Å². The molecule has 0 aromatic rings. The molecule has 1 heterocycles. The SMILES string of the molecule is N[C@@H](CCC(=O)O)C(=O)N[C@@H](CC(=O)O)C(=O)N1CCC[C@H]1C(=O)N[C@@H](CCC(=O)O)C(=O)N[C@@H](CC(=O)O)C(=O)O. The third kappa shape index (κ3) is 11.7. The van der Waals surface area contributed by atoms with Crippen LogP contribution in [-0.4, -0.2) is 121 Å². The first kappa shape index (κ1) is 35.2. The van der Waals surface area contributed by atoms with Crippen LogP contribution in [0.2, 0.25) is 0 Å². The Bertz CT molecular complexity index is 1100. The molecule has 0 bridgehead atoms. The van der Waals surface area contributed by atoms with Crippen molar-refractivity contribution in [2.45, 2.75) is 81.6 Å². The summed E-state index contributed by atoms with van der Waals surface area (Å²) in [5.41, 5.74) is 5.63. The molecule has 1 fully saturated rings. The van der Waals surface area contributed by atoms with Gasteiger partial charge in [-0.2, -0.15) is 0 Å². The van der Waals surface area contributed by atoms with Crippen molar-refractivity contribution in [2.24, 2.45) is 5.73 Å². The van der Waals surface area contributed by atoms with Gasteiger partial charge in [0.25, 0.3) is 0 Å². The number of carbonyl (C=O) groups is 9. The van der Waals surface area contributed by atoms with E-state index in [1.807, 2.05) is 5.32 Å². The lowest BCUT2D eigenvalue weighted by atomic mass is 10.1. The zero-order valence-electron chi connectivity index (χ0n) is 22.2. The standard InChI is InChI=1S/C23H33N5O14/c24-10(3-5-15(29)30)19(37)26-12(8-17(33)34)22(40)28-7-1-2-14(28)21(39)25-11(4-6-16(31)32)20(38)27-13(23(41)42)9-18(35)36/h10-14H,1-9,24H2,(H,25,39)(H,26,37)(H,27,38)(H,29,30)(H,31,32)(H,33,34)(H,35,36)(H,41,42)/t10-,11-,12-,13-,14-/m0/s1. The summed E-state index contributed by atoms with van der Waals surface area (Å²) in [7, 11) is 0. The zero-order valence-corrected chi connectivity index (χ0v) is 22.2. The number of nitrogens with one attached hydrogen (secondary N) is 3. The number of hydrogen-bond donors (Lipinski definition) is 9. The van der Waals surface area contributed by atoms with Crippen LogP contribution in [0.3, 0.4) is 0 Å². The molecular weight excluding hydrogens is 570 g/mol. The highest BCUT2D eigenvalue weighted by molar-refractivity contribution is 5.97. The highest BCUT2D eigenvalue weighted by atomic mass is 16.4. The van der Waals surface area contributed by atoms with Crippen LogP contribution in [0.1, 0.15) is 51.4 Å². The number of nitrogens with zero attached hydrogens (tertiary/aromatic N) is 1. The number of hydrogen-bond acceptors (Lipinski definition) is 10. The largest absolute Gasteiger partial charge is 0.481 e. The van der Waals surface area contributed by atoms with E-state index >= 15 is 0 Å². The predicted octanol–water partition coefficient (Wildman–Crippen LogP) is -3.48. The van der Waals surface area contributed by atoms with Crippen molar-refractivity contribution in [1.29, 1.82) is 0 Å². The fraction of sp³-hybridized carbons (Fsp3) is 0.609. The number of rotatable bonds is 18. The Kier molecular flexibility index (Phi) is 13.8. The maximum atomic E-state index is 13.2. The van der Waals surface area contributed by atoms with Crippen LogP contribution >= 0.6 is 0 Å². The molecule has 5 atom stereocenters. The van der Waals surface area contributed by atoms with E-state index in [-0.39, 0.29) is 25.8 Å². The Morgan fingerprint density at radius 2 is 1.21 bits per heavy atom. The zero-order chi connectivity index (χ0) is 32.1. The van der Waals surface area contributed by atoms with Crippen LogP contribution in [0.15, 0.2) is 0 Å².